The molecule has 1 aromatic carbocycles. The van der Waals surface area contributed by atoms with Crippen LogP contribution in [-0.2, 0) is 9.59 Å². The molecule has 1 amide bonds. The maximum absolute atomic E-state index is 13.6. The number of nitrogens with one attached hydrogen (secondary N) is 4. The van der Waals surface area contributed by atoms with Crippen LogP contribution in [0.3, 0.4) is 0 Å². The Morgan fingerprint density at radius 3 is 1.84 bits per heavy atom. The highest BCUT2D eigenvalue weighted by Gasteiger charge is 2.51. The predicted octanol–water partition coefficient (Wildman–Crippen LogP) is 5.11. The number of anilines is 1. The van der Waals surface area contributed by atoms with Gasteiger partial charge in [-0.15, -0.1) is 0 Å². The number of hydrogen-bond donors (Lipinski definition) is 7. The molecule has 2 aromatic rings. The van der Waals surface area contributed by atoms with E-state index in [1.165, 1.54) is 19.3 Å². The number of carboxylic acids is 2. The Bertz CT molecular complexity index is 1510. The number of benzene rings is 1. The van der Waals surface area contributed by atoms with Crippen LogP contribution in [0.1, 0.15) is 80.4 Å². The fraction of sp³-hybridized carbons (Fsp3) is 0.613. The summed E-state index contributed by atoms with van der Waals surface area (Å²) in [4.78, 5) is 40.9. The summed E-state index contributed by atoms with van der Waals surface area (Å²) in [5.41, 5.74) is 7.48. The van der Waals surface area contributed by atoms with Gasteiger partial charge in [0, 0.05) is 23.0 Å². The van der Waals surface area contributed by atoms with E-state index in [-0.39, 0.29) is 35.3 Å². The van der Waals surface area contributed by atoms with Gasteiger partial charge < -0.3 is 31.9 Å². The topological polar surface area (TPSA) is 203 Å². The molecule has 0 radical (unpaired) electrons. The van der Waals surface area contributed by atoms with Crippen molar-refractivity contribution < 1.29 is 50.9 Å². The lowest BCUT2D eigenvalue weighted by Crippen LogP contribution is -2.60. The van der Waals surface area contributed by atoms with Crippen LogP contribution in [0.5, 0.6) is 0 Å². The number of rotatable bonds is 5. The van der Waals surface area contributed by atoms with Crippen LogP contribution in [0.4, 0.5) is 32.2 Å². The first-order valence-electron chi connectivity index (χ1n) is 15.8. The molecule has 0 saturated heterocycles. The van der Waals surface area contributed by atoms with Gasteiger partial charge in [-0.1, -0.05) is 24.5 Å². The van der Waals surface area contributed by atoms with Crippen molar-refractivity contribution in [1.29, 1.82) is 5.41 Å². The lowest BCUT2D eigenvalue weighted by molar-refractivity contribution is -0.193. The summed E-state index contributed by atoms with van der Waals surface area (Å²) in [6, 6.07) is 6.21. The number of carbonyl (C=O) groups is 3. The molecular weight excluding hydrogens is 664 g/mol. The Morgan fingerprint density at radius 1 is 0.878 bits per heavy atom. The highest BCUT2D eigenvalue weighted by atomic mass is 19.4. The Morgan fingerprint density at radius 2 is 1.37 bits per heavy atom. The Kier molecular flexibility index (Phi) is 11.2. The summed E-state index contributed by atoms with van der Waals surface area (Å²) in [5.74, 6) is -2.46. The van der Waals surface area contributed by atoms with E-state index in [2.05, 4.69) is 28.9 Å². The molecule has 5 saturated carbocycles. The lowest BCUT2D eigenvalue weighted by atomic mass is 9.53. The number of nitrogens with two attached hydrogens (primary N) is 1. The number of fused-ring (bicyclic) bond motifs is 1. The standard InChI is InChI=1S/C27H37N7O.2C2HF3O2/c1-15-6-7-20-19(8-15)23(31-21-4-2-3-5-22(21)32-26(28)29)33-24(30-20)25(35)34-27-12-16-9-17(13-27)11-18(10-16)14-27;2*3-2(4,5)1(6)7/h6-8,16-18,21-22H,2-5,9-14H2,1H3,(H,34,35)(H4,28,29,32)(H,30,31,33);2*(H,6,7). The molecule has 270 valence electrons. The number of alkyl halides is 6. The van der Waals surface area contributed by atoms with Crippen LogP contribution >= 0.6 is 0 Å². The molecule has 1 aromatic heterocycles. The molecule has 12 nitrogen and oxygen atoms in total. The van der Waals surface area contributed by atoms with E-state index < -0.39 is 24.3 Å². The summed E-state index contributed by atoms with van der Waals surface area (Å²) in [5, 5.41) is 33.0. The molecule has 0 spiro atoms. The van der Waals surface area contributed by atoms with Gasteiger partial charge in [0.15, 0.2) is 5.96 Å². The third-order valence-corrected chi connectivity index (χ3v) is 9.39. The van der Waals surface area contributed by atoms with E-state index in [9.17, 15) is 31.1 Å². The SMILES string of the molecule is Cc1ccc2nc(C(=O)NC34CC5CC(CC(C5)C3)C4)nc(NC3CCCCC3NC(=N)N)c2c1.O=C(O)C(F)(F)F.O=C(O)C(F)(F)F. The van der Waals surface area contributed by atoms with Crippen molar-refractivity contribution in [2.24, 2.45) is 23.5 Å². The average Bonchev–Trinajstić information content (AvgIpc) is 2.96. The molecule has 2 unspecified atom stereocenters. The van der Waals surface area contributed by atoms with Gasteiger partial charge in [-0.05, 0) is 88.2 Å². The van der Waals surface area contributed by atoms with Gasteiger partial charge in [0.05, 0.1) is 5.52 Å². The number of halogens is 6. The van der Waals surface area contributed by atoms with E-state index in [4.69, 9.17) is 40.9 Å². The van der Waals surface area contributed by atoms with Crippen molar-refractivity contribution in [3.8, 4) is 0 Å². The van der Waals surface area contributed by atoms with Crippen LogP contribution in [0.15, 0.2) is 18.2 Å². The molecule has 1 heterocycles. The van der Waals surface area contributed by atoms with Gasteiger partial charge in [-0.25, -0.2) is 19.6 Å². The number of aliphatic carboxylic acids is 2. The van der Waals surface area contributed by atoms with Crippen molar-refractivity contribution in [3.05, 3.63) is 29.6 Å². The van der Waals surface area contributed by atoms with Gasteiger partial charge in [-0.2, -0.15) is 26.3 Å². The molecule has 2 atom stereocenters. The molecular formula is C31H39F6N7O5. The number of hydrogen-bond acceptors (Lipinski definition) is 7. The van der Waals surface area contributed by atoms with Crippen molar-refractivity contribution >= 4 is 40.5 Å². The molecule has 5 fully saturated rings. The number of amides is 1. The molecule has 18 heteroatoms. The van der Waals surface area contributed by atoms with E-state index in [1.54, 1.807) is 0 Å². The van der Waals surface area contributed by atoms with Gasteiger partial charge in [0.1, 0.15) is 5.82 Å². The summed E-state index contributed by atoms with van der Waals surface area (Å²) in [7, 11) is 0. The summed E-state index contributed by atoms with van der Waals surface area (Å²) >= 11 is 0. The van der Waals surface area contributed by atoms with Crippen LogP contribution in [0, 0.1) is 30.1 Å². The quantitative estimate of drug-likeness (QED) is 0.125. The zero-order valence-electron chi connectivity index (χ0n) is 26.5. The number of nitrogens with zero attached hydrogens (tertiary/aromatic N) is 2. The third-order valence-electron chi connectivity index (χ3n) is 9.39. The fourth-order valence-electron chi connectivity index (χ4n) is 7.87. The number of guanidine groups is 1. The first-order valence-corrected chi connectivity index (χ1v) is 15.8. The molecule has 4 bridgehead atoms. The number of carboxylic acid groups (broad SMARTS) is 2. The monoisotopic (exact) mass is 703 g/mol. The second-order valence-electron chi connectivity index (χ2n) is 13.4. The van der Waals surface area contributed by atoms with Crippen molar-refractivity contribution in [2.75, 3.05) is 5.32 Å². The zero-order valence-corrected chi connectivity index (χ0v) is 26.5. The van der Waals surface area contributed by atoms with Gasteiger partial charge >= 0.3 is 24.3 Å². The van der Waals surface area contributed by atoms with Gasteiger partial charge in [0.25, 0.3) is 5.91 Å². The van der Waals surface area contributed by atoms with Crippen LogP contribution in [0.2, 0.25) is 0 Å². The zero-order chi connectivity index (χ0) is 36.3. The van der Waals surface area contributed by atoms with Crippen LogP contribution in [0.25, 0.3) is 10.9 Å². The third kappa shape index (κ3) is 9.84. The van der Waals surface area contributed by atoms with Crippen LogP contribution < -0.4 is 21.7 Å². The predicted molar refractivity (Wildman–Crippen MR) is 165 cm³/mol. The Labute approximate surface area is 277 Å². The maximum atomic E-state index is 13.6. The molecule has 7 rings (SSSR count). The Balaban J connectivity index is 0.000000327. The van der Waals surface area contributed by atoms with Crippen molar-refractivity contribution in [2.45, 2.75) is 101 Å². The maximum Gasteiger partial charge on any atom is 0.490 e. The number of aromatic nitrogens is 2. The van der Waals surface area contributed by atoms with Gasteiger partial charge in [0.2, 0.25) is 5.82 Å². The minimum Gasteiger partial charge on any atom is -0.475 e. The summed E-state index contributed by atoms with van der Waals surface area (Å²) < 4.78 is 63.5. The minimum atomic E-state index is -5.08. The smallest absolute Gasteiger partial charge is 0.475 e. The van der Waals surface area contributed by atoms with Crippen molar-refractivity contribution in [1.82, 2.24) is 20.6 Å². The van der Waals surface area contributed by atoms with E-state index in [0.29, 0.717) is 5.82 Å². The summed E-state index contributed by atoms with van der Waals surface area (Å²) in [6.45, 7) is 2.05. The first-order chi connectivity index (χ1) is 22.7. The second kappa shape index (κ2) is 14.6. The Hall–Kier alpha value is -4.38. The van der Waals surface area contributed by atoms with Crippen molar-refractivity contribution in [3.63, 3.8) is 0 Å². The molecule has 5 aliphatic rings. The summed E-state index contributed by atoms with van der Waals surface area (Å²) in [6.07, 6.45) is 1.26. The molecule has 5 aliphatic carbocycles. The highest BCUT2D eigenvalue weighted by Crippen LogP contribution is 2.55. The minimum absolute atomic E-state index is 0.0114. The number of aryl methyl sites for hydroxylation is 1. The number of carbonyl (C=O) groups excluding carboxylic acids is 1. The fourth-order valence-corrected chi connectivity index (χ4v) is 7.87. The molecule has 49 heavy (non-hydrogen) atoms. The molecule has 0 aliphatic heterocycles. The van der Waals surface area contributed by atoms with Gasteiger partial charge in [-0.3, -0.25) is 10.2 Å². The second-order valence-corrected chi connectivity index (χ2v) is 13.4. The lowest BCUT2D eigenvalue weighted by Gasteiger charge is -2.56. The average molecular weight is 704 g/mol. The highest BCUT2D eigenvalue weighted by molar-refractivity contribution is 5.97. The van der Waals surface area contributed by atoms with E-state index in [0.717, 1.165) is 79.2 Å². The molecule has 8 N–H and O–H groups in total. The first kappa shape index (κ1) is 37.4. The largest absolute Gasteiger partial charge is 0.490 e. The van der Waals surface area contributed by atoms with Crippen LogP contribution in [-0.4, -0.2) is 74.0 Å². The van der Waals surface area contributed by atoms with E-state index >= 15 is 0 Å². The normalized spacial score (nSPS) is 27.1. The van der Waals surface area contributed by atoms with E-state index in [1.807, 2.05) is 12.1 Å².